The molecular weight excluding hydrogens is 310 g/mol. The van der Waals surface area contributed by atoms with E-state index >= 15 is 0 Å². The van der Waals surface area contributed by atoms with Gasteiger partial charge >= 0.3 is 0 Å². The van der Waals surface area contributed by atoms with Crippen LogP contribution in [0.5, 0.6) is 5.75 Å². The fourth-order valence-corrected chi connectivity index (χ4v) is 2.54. The zero-order valence-corrected chi connectivity index (χ0v) is 14.3. The van der Waals surface area contributed by atoms with Crippen molar-refractivity contribution >= 4 is 0 Å². The van der Waals surface area contributed by atoms with Gasteiger partial charge in [-0.05, 0) is 42.5 Å². The molecular formula is C20H24F2O2. The van der Waals surface area contributed by atoms with Crippen LogP contribution in [-0.4, -0.2) is 20.3 Å². The summed E-state index contributed by atoms with van der Waals surface area (Å²) in [6, 6.07) is 10.6. The Morgan fingerprint density at radius 1 is 0.875 bits per heavy atom. The SMILES string of the molecule is CCCc1ccc(-c2ccc(OCCCCOC)c(F)c2F)cc1. The van der Waals surface area contributed by atoms with E-state index in [1.165, 1.54) is 11.6 Å². The lowest BCUT2D eigenvalue weighted by molar-refractivity contribution is 0.183. The maximum Gasteiger partial charge on any atom is 0.201 e. The number of rotatable bonds is 9. The fraction of sp³-hybridized carbons (Fsp3) is 0.400. The first-order chi connectivity index (χ1) is 11.7. The summed E-state index contributed by atoms with van der Waals surface area (Å²) in [7, 11) is 1.63. The van der Waals surface area contributed by atoms with Gasteiger partial charge in [0.15, 0.2) is 11.6 Å². The number of methoxy groups -OCH3 is 1. The summed E-state index contributed by atoms with van der Waals surface area (Å²) in [5, 5.41) is 0. The van der Waals surface area contributed by atoms with Gasteiger partial charge in [-0.3, -0.25) is 0 Å². The van der Waals surface area contributed by atoms with Crippen molar-refractivity contribution in [2.45, 2.75) is 32.6 Å². The molecule has 0 aliphatic carbocycles. The van der Waals surface area contributed by atoms with Crippen molar-refractivity contribution in [3.63, 3.8) is 0 Å². The Morgan fingerprint density at radius 2 is 1.58 bits per heavy atom. The molecule has 130 valence electrons. The quantitative estimate of drug-likeness (QED) is 0.572. The number of aryl methyl sites for hydroxylation is 1. The molecule has 2 rings (SSSR count). The van der Waals surface area contributed by atoms with Crippen molar-refractivity contribution in [3.05, 3.63) is 53.6 Å². The van der Waals surface area contributed by atoms with Crippen LogP contribution < -0.4 is 4.74 Å². The minimum atomic E-state index is -0.933. The van der Waals surface area contributed by atoms with Crippen LogP contribution in [0.1, 0.15) is 31.7 Å². The molecule has 0 bridgehead atoms. The Morgan fingerprint density at radius 3 is 2.25 bits per heavy atom. The van der Waals surface area contributed by atoms with Crippen LogP contribution in [0.4, 0.5) is 8.78 Å². The van der Waals surface area contributed by atoms with Crippen LogP contribution in [0, 0.1) is 11.6 Å². The summed E-state index contributed by atoms with van der Waals surface area (Å²) in [5.41, 5.74) is 2.11. The Bertz CT molecular complexity index is 639. The van der Waals surface area contributed by atoms with Gasteiger partial charge in [-0.15, -0.1) is 0 Å². The van der Waals surface area contributed by atoms with Crippen molar-refractivity contribution in [1.82, 2.24) is 0 Å². The van der Waals surface area contributed by atoms with Crippen molar-refractivity contribution in [2.24, 2.45) is 0 Å². The van der Waals surface area contributed by atoms with E-state index in [4.69, 9.17) is 9.47 Å². The second-order valence-electron chi connectivity index (χ2n) is 5.73. The molecule has 0 heterocycles. The highest BCUT2D eigenvalue weighted by molar-refractivity contribution is 5.65. The lowest BCUT2D eigenvalue weighted by Gasteiger charge is -2.11. The zero-order chi connectivity index (χ0) is 17.4. The highest BCUT2D eigenvalue weighted by Crippen LogP contribution is 2.30. The average molecular weight is 334 g/mol. The number of hydrogen-bond acceptors (Lipinski definition) is 2. The van der Waals surface area contributed by atoms with Gasteiger partial charge < -0.3 is 9.47 Å². The predicted octanol–water partition coefficient (Wildman–Crippen LogP) is 5.39. The van der Waals surface area contributed by atoms with Crippen LogP contribution in [0.25, 0.3) is 11.1 Å². The number of halogens is 2. The van der Waals surface area contributed by atoms with E-state index < -0.39 is 11.6 Å². The molecule has 0 amide bonds. The smallest absolute Gasteiger partial charge is 0.201 e. The van der Waals surface area contributed by atoms with Gasteiger partial charge in [0, 0.05) is 19.3 Å². The van der Waals surface area contributed by atoms with Crippen LogP contribution in [0.2, 0.25) is 0 Å². The summed E-state index contributed by atoms with van der Waals surface area (Å²) in [5.74, 6) is -1.85. The third kappa shape index (κ3) is 4.78. The molecule has 4 heteroatoms. The lowest BCUT2D eigenvalue weighted by atomic mass is 10.0. The molecule has 0 aliphatic rings. The van der Waals surface area contributed by atoms with E-state index in [0.717, 1.165) is 25.7 Å². The van der Waals surface area contributed by atoms with Gasteiger partial charge in [0.1, 0.15) is 0 Å². The van der Waals surface area contributed by atoms with Gasteiger partial charge in [0.2, 0.25) is 5.82 Å². The number of unbranched alkanes of at least 4 members (excludes halogenated alkanes) is 1. The van der Waals surface area contributed by atoms with Gasteiger partial charge in [-0.2, -0.15) is 4.39 Å². The van der Waals surface area contributed by atoms with Crippen LogP contribution >= 0.6 is 0 Å². The summed E-state index contributed by atoms with van der Waals surface area (Å²) < 4.78 is 38.8. The van der Waals surface area contributed by atoms with Crippen molar-refractivity contribution in [3.8, 4) is 16.9 Å². The summed E-state index contributed by atoms with van der Waals surface area (Å²) >= 11 is 0. The molecule has 24 heavy (non-hydrogen) atoms. The molecule has 2 aromatic carbocycles. The van der Waals surface area contributed by atoms with E-state index in [1.807, 2.05) is 24.3 Å². The molecule has 0 atom stereocenters. The number of benzene rings is 2. The molecule has 0 aliphatic heterocycles. The van der Waals surface area contributed by atoms with Gasteiger partial charge in [-0.25, -0.2) is 4.39 Å². The molecule has 0 spiro atoms. The monoisotopic (exact) mass is 334 g/mol. The molecule has 0 radical (unpaired) electrons. The molecule has 2 aromatic rings. The molecule has 0 fully saturated rings. The summed E-state index contributed by atoms with van der Waals surface area (Å²) in [6.07, 6.45) is 3.59. The van der Waals surface area contributed by atoms with Crippen LogP contribution in [-0.2, 0) is 11.2 Å². The number of hydrogen-bond donors (Lipinski definition) is 0. The predicted molar refractivity (Wildman–Crippen MR) is 92.4 cm³/mol. The fourth-order valence-electron chi connectivity index (χ4n) is 2.54. The van der Waals surface area contributed by atoms with Gasteiger partial charge in [0.05, 0.1) is 6.61 Å². The molecule has 0 saturated carbocycles. The molecule has 0 saturated heterocycles. The van der Waals surface area contributed by atoms with Crippen molar-refractivity contribution in [1.29, 1.82) is 0 Å². The largest absolute Gasteiger partial charge is 0.490 e. The first-order valence-corrected chi connectivity index (χ1v) is 8.36. The average Bonchev–Trinajstić information content (AvgIpc) is 2.60. The molecule has 0 N–H and O–H groups in total. The Balaban J connectivity index is 2.08. The standard InChI is InChI=1S/C20H24F2O2/c1-3-6-15-7-9-16(10-8-15)17-11-12-18(20(22)19(17)21)24-14-5-4-13-23-2/h7-12H,3-6,13-14H2,1-2H3. The normalized spacial score (nSPS) is 10.8. The Hall–Kier alpha value is -1.94. The maximum atomic E-state index is 14.4. The zero-order valence-electron chi connectivity index (χ0n) is 14.3. The minimum Gasteiger partial charge on any atom is -0.490 e. The molecule has 0 unspecified atom stereocenters. The van der Waals surface area contributed by atoms with Crippen LogP contribution in [0.15, 0.2) is 36.4 Å². The highest BCUT2D eigenvalue weighted by atomic mass is 19.2. The van der Waals surface area contributed by atoms with Crippen molar-refractivity contribution in [2.75, 3.05) is 20.3 Å². The van der Waals surface area contributed by atoms with E-state index in [9.17, 15) is 8.78 Å². The molecule has 0 aromatic heterocycles. The summed E-state index contributed by atoms with van der Waals surface area (Å²) in [6.45, 7) is 3.08. The minimum absolute atomic E-state index is 0.0451. The van der Waals surface area contributed by atoms with Gasteiger partial charge in [0.25, 0.3) is 0 Å². The van der Waals surface area contributed by atoms with E-state index in [0.29, 0.717) is 18.8 Å². The Kier molecular flexibility index (Phi) is 7.19. The van der Waals surface area contributed by atoms with Crippen LogP contribution in [0.3, 0.4) is 0 Å². The maximum absolute atomic E-state index is 14.4. The Labute approximate surface area is 142 Å². The first kappa shape index (κ1) is 18.4. The van der Waals surface area contributed by atoms with E-state index in [1.54, 1.807) is 13.2 Å². The van der Waals surface area contributed by atoms with E-state index in [2.05, 4.69) is 6.92 Å². The van der Waals surface area contributed by atoms with Crippen molar-refractivity contribution < 1.29 is 18.3 Å². The third-order valence-corrected chi connectivity index (χ3v) is 3.85. The third-order valence-electron chi connectivity index (χ3n) is 3.85. The lowest BCUT2D eigenvalue weighted by Crippen LogP contribution is -2.03. The second kappa shape index (κ2) is 9.38. The summed E-state index contributed by atoms with van der Waals surface area (Å²) in [4.78, 5) is 0. The first-order valence-electron chi connectivity index (χ1n) is 8.36. The van der Waals surface area contributed by atoms with Gasteiger partial charge in [-0.1, -0.05) is 37.6 Å². The highest BCUT2D eigenvalue weighted by Gasteiger charge is 2.15. The second-order valence-corrected chi connectivity index (χ2v) is 5.73. The number of ether oxygens (including phenoxy) is 2. The van der Waals surface area contributed by atoms with E-state index in [-0.39, 0.29) is 11.3 Å². The molecule has 2 nitrogen and oxygen atoms in total. The topological polar surface area (TPSA) is 18.5 Å².